The van der Waals surface area contributed by atoms with Crippen molar-refractivity contribution in [3.63, 3.8) is 0 Å². The predicted molar refractivity (Wildman–Crippen MR) is 81.4 cm³/mol. The van der Waals surface area contributed by atoms with Gasteiger partial charge in [0.1, 0.15) is 5.75 Å². The van der Waals surface area contributed by atoms with E-state index in [1.807, 2.05) is 57.1 Å². The number of hydrogen-bond donors (Lipinski definition) is 0. The maximum Gasteiger partial charge on any atom is 0.329 e. The molecule has 1 heterocycles. The molecule has 112 valence electrons. The van der Waals surface area contributed by atoms with Crippen LogP contribution in [0.1, 0.15) is 13.8 Å². The van der Waals surface area contributed by atoms with Crippen molar-refractivity contribution in [1.82, 2.24) is 15.0 Å². The quantitative estimate of drug-likeness (QED) is 0.845. The topological polar surface area (TPSA) is 60.4 Å². The number of ether oxygens (including phenoxy) is 2. The van der Waals surface area contributed by atoms with E-state index in [2.05, 4.69) is 15.0 Å². The lowest BCUT2D eigenvalue weighted by atomic mass is 10.3. The van der Waals surface area contributed by atoms with Crippen molar-refractivity contribution >= 4 is 17.3 Å². The van der Waals surface area contributed by atoms with E-state index in [0.29, 0.717) is 5.75 Å². The lowest BCUT2D eigenvalue weighted by Gasteiger charge is -2.13. The molecule has 0 fully saturated rings. The number of anilines is 1. The van der Waals surface area contributed by atoms with E-state index >= 15 is 0 Å². The Labute approximate surface area is 128 Å². The Morgan fingerprint density at radius 3 is 2.48 bits per heavy atom. The minimum atomic E-state index is -0.0617. The molecule has 0 aliphatic rings. The Balaban J connectivity index is 2.22. The molecule has 21 heavy (non-hydrogen) atoms. The van der Waals surface area contributed by atoms with Crippen molar-refractivity contribution in [2.45, 2.75) is 20.0 Å². The van der Waals surface area contributed by atoms with Gasteiger partial charge in [0.2, 0.25) is 5.28 Å². The number of halogens is 1. The maximum absolute atomic E-state index is 5.85. The molecule has 0 radical (unpaired) electrons. The van der Waals surface area contributed by atoms with Gasteiger partial charge in [-0.25, -0.2) is 0 Å². The molecule has 7 heteroatoms. The average Bonchev–Trinajstić information content (AvgIpc) is 2.37. The van der Waals surface area contributed by atoms with E-state index in [9.17, 15) is 0 Å². The third-order valence-electron chi connectivity index (χ3n) is 2.45. The first-order chi connectivity index (χ1) is 9.94. The second kappa shape index (κ2) is 6.58. The van der Waals surface area contributed by atoms with E-state index in [4.69, 9.17) is 21.1 Å². The molecule has 0 amide bonds. The van der Waals surface area contributed by atoms with Gasteiger partial charge < -0.3 is 14.4 Å². The Bertz CT molecular complexity index is 620. The fraction of sp³-hybridized carbons (Fsp3) is 0.357. The summed E-state index contributed by atoms with van der Waals surface area (Å²) in [4.78, 5) is 13.9. The molecule has 0 spiro atoms. The van der Waals surface area contributed by atoms with E-state index in [1.54, 1.807) is 0 Å². The summed E-state index contributed by atoms with van der Waals surface area (Å²) in [6.45, 7) is 3.75. The Morgan fingerprint density at radius 2 is 1.81 bits per heavy atom. The summed E-state index contributed by atoms with van der Waals surface area (Å²) in [6, 6.07) is 7.79. The van der Waals surface area contributed by atoms with Crippen LogP contribution in [-0.4, -0.2) is 35.2 Å². The first-order valence-electron chi connectivity index (χ1n) is 6.47. The van der Waals surface area contributed by atoms with Gasteiger partial charge in [0.15, 0.2) is 0 Å². The SMILES string of the molecule is CC(C)Oc1nc(Cl)nc(Oc2cccc(N(C)C)c2)n1. The van der Waals surface area contributed by atoms with E-state index in [0.717, 1.165) is 5.69 Å². The lowest BCUT2D eigenvalue weighted by Crippen LogP contribution is -2.10. The number of rotatable bonds is 5. The summed E-state index contributed by atoms with van der Waals surface area (Å²) in [6.07, 6.45) is -0.0617. The van der Waals surface area contributed by atoms with Crippen LogP contribution in [0.5, 0.6) is 17.8 Å². The highest BCUT2D eigenvalue weighted by atomic mass is 35.5. The van der Waals surface area contributed by atoms with Gasteiger partial charge in [0.25, 0.3) is 0 Å². The van der Waals surface area contributed by atoms with Crippen LogP contribution in [0.2, 0.25) is 5.28 Å². The van der Waals surface area contributed by atoms with E-state index in [-0.39, 0.29) is 23.4 Å². The van der Waals surface area contributed by atoms with Crippen molar-refractivity contribution < 1.29 is 9.47 Å². The molecule has 1 aromatic carbocycles. The van der Waals surface area contributed by atoms with Gasteiger partial charge in [-0.15, -0.1) is 4.98 Å². The molecule has 1 aromatic heterocycles. The van der Waals surface area contributed by atoms with Gasteiger partial charge in [-0.3, -0.25) is 0 Å². The molecule has 0 unspecified atom stereocenters. The second-order valence-corrected chi connectivity index (χ2v) is 5.17. The molecule has 2 aromatic rings. The summed E-state index contributed by atoms with van der Waals surface area (Å²) in [5, 5.41) is 0.0272. The van der Waals surface area contributed by atoms with Crippen LogP contribution >= 0.6 is 11.6 Å². The molecule has 0 saturated heterocycles. The number of aromatic nitrogens is 3. The minimum Gasteiger partial charge on any atom is -0.461 e. The van der Waals surface area contributed by atoms with Crippen molar-refractivity contribution in [3.8, 4) is 17.8 Å². The fourth-order valence-electron chi connectivity index (χ4n) is 1.55. The van der Waals surface area contributed by atoms with Crippen LogP contribution in [0.3, 0.4) is 0 Å². The molecule has 6 nitrogen and oxygen atoms in total. The summed E-state index contributed by atoms with van der Waals surface area (Å²) < 4.78 is 11.0. The van der Waals surface area contributed by atoms with E-state index < -0.39 is 0 Å². The summed E-state index contributed by atoms with van der Waals surface area (Å²) in [5.74, 6) is 0.610. The zero-order valence-corrected chi connectivity index (χ0v) is 13.1. The zero-order valence-electron chi connectivity index (χ0n) is 12.4. The van der Waals surface area contributed by atoms with Crippen LogP contribution in [0.4, 0.5) is 5.69 Å². The molecule has 0 N–H and O–H groups in total. The molecule has 0 aliphatic carbocycles. The van der Waals surface area contributed by atoms with Gasteiger partial charge in [0, 0.05) is 25.8 Å². The van der Waals surface area contributed by atoms with Gasteiger partial charge in [-0.05, 0) is 37.6 Å². The standard InChI is InChI=1S/C14H17ClN4O2/c1-9(2)20-13-16-12(15)17-14(18-13)21-11-7-5-6-10(8-11)19(3)4/h5-9H,1-4H3. The third kappa shape index (κ3) is 4.46. The van der Waals surface area contributed by atoms with Gasteiger partial charge in [0.05, 0.1) is 6.10 Å². The first kappa shape index (κ1) is 15.3. The zero-order chi connectivity index (χ0) is 15.4. The van der Waals surface area contributed by atoms with Crippen molar-refractivity contribution in [2.75, 3.05) is 19.0 Å². The highest BCUT2D eigenvalue weighted by Gasteiger charge is 2.10. The summed E-state index contributed by atoms with van der Waals surface area (Å²) in [7, 11) is 3.90. The molecule has 0 saturated carbocycles. The largest absolute Gasteiger partial charge is 0.461 e. The minimum absolute atomic E-state index is 0.0272. The predicted octanol–water partition coefficient (Wildman–Crippen LogP) is 3.17. The normalized spacial score (nSPS) is 10.6. The summed E-state index contributed by atoms with van der Waals surface area (Å²) >= 11 is 5.85. The van der Waals surface area contributed by atoms with Crippen molar-refractivity contribution in [3.05, 3.63) is 29.5 Å². The van der Waals surface area contributed by atoms with Crippen LogP contribution in [-0.2, 0) is 0 Å². The Hall–Kier alpha value is -2.08. The highest BCUT2D eigenvalue weighted by molar-refractivity contribution is 6.28. The molecule has 0 aliphatic heterocycles. The third-order valence-corrected chi connectivity index (χ3v) is 2.62. The van der Waals surface area contributed by atoms with Crippen LogP contribution in [0.25, 0.3) is 0 Å². The molecule has 0 atom stereocenters. The molecule has 0 bridgehead atoms. The smallest absolute Gasteiger partial charge is 0.329 e. The van der Waals surface area contributed by atoms with Gasteiger partial charge >= 0.3 is 12.0 Å². The van der Waals surface area contributed by atoms with Crippen LogP contribution in [0.15, 0.2) is 24.3 Å². The Kier molecular flexibility index (Phi) is 4.80. The molecular weight excluding hydrogens is 292 g/mol. The average molecular weight is 309 g/mol. The van der Waals surface area contributed by atoms with Gasteiger partial charge in [-0.1, -0.05) is 6.07 Å². The number of nitrogens with zero attached hydrogens (tertiary/aromatic N) is 4. The van der Waals surface area contributed by atoms with Gasteiger partial charge in [-0.2, -0.15) is 9.97 Å². The molecule has 2 rings (SSSR count). The summed E-state index contributed by atoms with van der Waals surface area (Å²) in [5.41, 5.74) is 1.01. The monoisotopic (exact) mass is 308 g/mol. The molecular formula is C14H17ClN4O2. The van der Waals surface area contributed by atoms with Crippen LogP contribution < -0.4 is 14.4 Å². The van der Waals surface area contributed by atoms with E-state index in [1.165, 1.54) is 0 Å². The first-order valence-corrected chi connectivity index (χ1v) is 6.85. The second-order valence-electron chi connectivity index (χ2n) is 4.83. The van der Waals surface area contributed by atoms with Crippen molar-refractivity contribution in [2.24, 2.45) is 0 Å². The highest BCUT2D eigenvalue weighted by Crippen LogP contribution is 2.24. The Morgan fingerprint density at radius 1 is 1.10 bits per heavy atom. The fourth-order valence-corrected chi connectivity index (χ4v) is 1.70. The van der Waals surface area contributed by atoms with Crippen LogP contribution in [0, 0.1) is 0 Å². The number of hydrogen-bond acceptors (Lipinski definition) is 6. The lowest BCUT2D eigenvalue weighted by molar-refractivity contribution is 0.218. The van der Waals surface area contributed by atoms with Crippen molar-refractivity contribution in [1.29, 1.82) is 0 Å². The number of benzene rings is 1. The maximum atomic E-state index is 5.85.